The number of nitrogens with two attached hydrogens (primary N) is 1. The third kappa shape index (κ3) is 6.08. The molecule has 0 aromatic heterocycles. The van der Waals surface area contributed by atoms with Crippen LogP contribution in [0.15, 0.2) is 24.3 Å². The number of ether oxygens (including phenoxy) is 1. The number of benzene rings is 1. The largest absolute Gasteiger partial charge is 0.494 e. The van der Waals surface area contributed by atoms with Crippen molar-refractivity contribution >= 4 is 11.9 Å². The van der Waals surface area contributed by atoms with E-state index in [1.54, 1.807) is 0 Å². The van der Waals surface area contributed by atoms with Crippen LogP contribution in [0, 0.1) is 0 Å². The van der Waals surface area contributed by atoms with Gasteiger partial charge in [-0.05, 0) is 19.4 Å². The van der Waals surface area contributed by atoms with Gasteiger partial charge in [0.25, 0.3) is 0 Å². The van der Waals surface area contributed by atoms with Crippen LogP contribution in [0.3, 0.4) is 0 Å². The number of carbonyl (C=O) groups excluding carboxylic acids is 2. The predicted molar refractivity (Wildman–Crippen MR) is 76.3 cm³/mol. The molecule has 0 aliphatic carbocycles. The molecule has 0 radical (unpaired) electrons. The van der Waals surface area contributed by atoms with Gasteiger partial charge in [-0.25, -0.2) is 4.79 Å². The molecule has 20 heavy (non-hydrogen) atoms. The molecule has 1 rings (SSSR count). The highest BCUT2D eigenvalue weighted by Crippen LogP contribution is 2.17. The zero-order valence-corrected chi connectivity index (χ0v) is 11.6. The van der Waals surface area contributed by atoms with E-state index in [2.05, 4.69) is 10.6 Å². The molecule has 0 atom stereocenters. The van der Waals surface area contributed by atoms with E-state index in [9.17, 15) is 9.59 Å². The standard InChI is InChI=1S/C14H21N3O3/c1-2-20-12-7-4-3-6-11(12)10-17-14(19)16-9-5-8-13(15)18/h3-4,6-7H,2,5,8-10H2,1H3,(H2,15,18)(H2,16,17,19). The van der Waals surface area contributed by atoms with E-state index in [0.29, 0.717) is 26.1 Å². The van der Waals surface area contributed by atoms with Crippen molar-refractivity contribution in [2.24, 2.45) is 5.73 Å². The molecule has 1 aromatic carbocycles. The molecule has 0 unspecified atom stereocenters. The SMILES string of the molecule is CCOc1ccccc1CNC(=O)NCCCC(N)=O. The molecule has 0 spiro atoms. The summed E-state index contributed by atoms with van der Waals surface area (Å²) < 4.78 is 5.47. The minimum absolute atomic E-state index is 0.271. The van der Waals surface area contributed by atoms with Crippen LogP contribution in [-0.4, -0.2) is 25.1 Å². The van der Waals surface area contributed by atoms with Gasteiger partial charge in [-0.3, -0.25) is 4.79 Å². The van der Waals surface area contributed by atoms with Gasteiger partial charge in [0.15, 0.2) is 0 Å². The van der Waals surface area contributed by atoms with Gasteiger partial charge in [0.1, 0.15) is 5.75 Å². The summed E-state index contributed by atoms with van der Waals surface area (Å²) >= 11 is 0. The Hall–Kier alpha value is -2.24. The van der Waals surface area contributed by atoms with Crippen LogP contribution in [-0.2, 0) is 11.3 Å². The van der Waals surface area contributed by atoms with Crippen LogP contribution in [0.1, 0.15) is 25.3 Å². The fraction of sp³-hybridized carbons (Fsp3) is 0.429. The summed E-state index contributed by atoms with van der Waals surface area (Å²) in [6.45, 7) is 3.30. The van der Waals surface area contributed by atoms with Crippen LogP contribution in [0.5, 0.6) is 5.75 Å². The summed E-state index contributed by atoms with van der Waals surface area (Å²) in [5.41, 5.74) is 5.93. The third-order valence-corrected chi connectivity index (χ3v) is 2.60. The number of urea groups is 1. The Morgan fingerprint density at radius 2 is 2.00 bits per heavy atom. The quantitative estimate of drug-likeness (QED) is 0.623. The number of para-hydroxylation sites is 1. The summed E-state index contributed by atoms with van der Waals surface area (Å²) in [5.74, 6) is 0.405. The molecular weight excluding hydrogens is 258 g/mol. The molecule has 3 amide bonds. The smallest absolute Gasteiger partial charge is 0.315 e. The van der Waals surface area contributed by atoms with E-state index in [-0.39, 0.29) is 18.4 Å². The van der Waals surface area contributed by atoms with E-state index in [1.165, 1.54) is 0 Å². The molecule has 0 fully saturated rings. The van der Waals surface area contributed by atoms with Gasteiger partial charge >= 0.3 is 6.03 Å². The Morgan fingerprint density at radius 1 is 1.25 bits per heavy atom. The van der Waals surface area contributed by atoms with Crippen molar-refractivity contribution in [3.63, 3.8) is 0 Å². The van der Waals surface area contributed by atoms with Crippen molar-refractivity contribution < 1.29 is 14.3 Å². The number of nitrogens with one attached hydrogen (secondary N) is 2. The van der Waals surface area contributed by atoms with Gasteiger partial charge in [0.2, 0.25) is 5.91 Å². The summed E-state index contributed by atoms with van der Waals surface area (Å²) in [6.07, 6.45) is 0.811. The first kappa shape index (κ1) is 15.8. The highest BCUT2D eigenvalue weighted by atomic mass is 16.5. The number of hydrogen-bond acceptors (Lipinski definition) is 3. The van der Waals surface area contributed by atoms with E-state index < -0.39 is 0 Å². The molecule has 6 nitrogen and oxygen atoms in total. The van der Waals surface area contributed by atoms with Gasteiger partial charge in [-0.2, -0.15) is 0 Å². The Labute approximate surface area is 118 Å². The van der Waals surface area contributed by atoms with Gasteiger partial charge < -0.3 is 21.1 Å². The van der Waals surface area contributed by atoms with Crippen LogP contribution < -0.4 is 21.1 Å². The summed E-state index contributed by atoms with van der Waals surface area (Å²) in [5, 5.41) is 5.40. The van der Waals surface area contributed by atoms with Crippen LogP contribution in [0.4, 0.5) is 4.79 Å². The lowest BCUT2D eigenvalue weighted by atomic mass is 10.2. The summed E-state index contributed by atoms with van der Waals surface area (Å²) in [6, 6.07) is 7.27. The van der Waals surface area contributed by atoms with E-state index >= 15 is 0 Å². The minimum atomic E-state index is -0.363. The second-order valence-electron chi connectivity index (χ2n) is 4.22. The van der Waals surface area contributed by atoms with Crippen molar-refractivity contribution in [3.05, 3.63) is 29.8 Å². The van der Waals surface area contributed by atoms with Crippen molar-refractivity contribution in [1.29, 1.82) is 0 Å². The first-order valence-corrected chi connectivity index (χ1v) is 6.64. The summed E-state index contributed by atoms with van der Waals surface area (Å²) in [4.78, 5) is 22.1. The number of primary amides is 1. The Morgan fingerprint density at radius 3 is 2.70 bits per heavy atom. The molecule has 4 N–H and O–H groups in total. The number of carbonyl (C=O) groups is 2. The maximum absolute atomic E-state index is 11.6. The lowest BCUT2D eigenvalue weighted by Crippen LogP contribution is -2.35. The molecule has 6 heteroatoms. The Balaban J connectivity index is 2.32. The molecule has 0 aliphatic heterocycles. The summed E-state index contributed by atoms with van der Waals surface area (Å²) in [7, 11) is 0. The van der Waals surface area contributed by atoms with E-state index in [0.717, 1.165) is 11.3 Å². The van der Waals surface area contributed by atoms with Gasteiger partial charge in [-0.15, -0.1) is 0 Å². The highest BCUT2D eigenvalue weighted by molar-refractivity contribution is 5.75. The normalized spacial score (nSPS) is 9.85. The Kier molecular flexibility index (Phi) is 6.95. The molecule has 0 aliphatic rings. The van der Waals surface area contributed by atoms with Crippen LogP contribution in [0.25, 0.3) is 0 Å². The molecular formula is C14H21N3O3. The zero-order chi connectivity index (χ0) is 14.8. The van der Waals surface area contributed by atoms with E-state index in [4.69, 9.17) is 10.5 Å². The maximum Gasteiger partial charge on any atom is 0.315 e. The van der Waals surface area contributed by atoms with Gasteiger partial charge in [0, 0.05) is 25.1 Å². The van der Waals surface area contributed by atoms with Gasteiger partial charge in [0.05, 0.1) is 6.61 Å². The lowest BCUT2D eigenvalue weighted by Gasteiger charge is -2.11. The average Bonchev–Trinajstić information content (AvgIpc) is 2.43. The molecule has 0 saturated carbocycles. The predicted octanol–water partition coefficient (Wildman–Crippen LogP) is 1.15. The van der Waals surface area contributed by atoms with Crippen molar-refractivity contribution in [2.75, 3.05) is 13.2 Å². The van der Waals surface area contributed by atoms with E-state index in [1.807, 2.05) is 31.2 Å². The topological polar surface area (TPSA) is 93.4 Å². The highest BCUT2D eigenvalue weighted by Gasteiger charge is 2.05. The second-order valence-corrected chi connectivity index (χ2v) is 4.22. The minimum Gasteiger partial charge on any atom is -0.494 e. The molecule has 110 valence electrons. The fourth-order valence-corrected chi connectivity index (χ4v) is 1.65. The monoisotopic (exact) mass is 279 g/mol. The molecule has 0 bridgehead atoms. The number of rotatable bonds is 8. The second kappa shape index (κ2) is 8.79. The van der Waals surface area contributed by atoms with Crippen molar-refractivity contribution in [3.8, 4) is 5.75 Å². The number of hydrogen-bond donors (Lipinski definition) is 3. The molecule has 1 aromatic rings. The average molecular weight is 279 g/mol. The maximum atomic E-state index is 11.6. The van der Waals surface area contributed by atoms with Crippen molar-refractivity contribution in [1.82, 2.24) is 10.6 Å². The fourth-order valence-electron chi connectivity index (χ4n) is 1.65. The van der Waals surface area contributed by atoms with Gasteiger partial charge in [-0.1, -0.05) is 18.2 Å². The number of amides is 3. The Bertz CT molecular complexity index is 449. The first-order valence-electron chi connectivity index (χ1n) is 6.64. The lowest BCUT2D eigenvalue weighted by molar-refractivity contribution is -0.118. The molecule has 0 heterocycles. The zero-order valence-electron chi connectivity index (χ0n) is 11.6. The third-order valence-electron chi connectivity index (χ3n) is 2.60. The molecule has 0 saturated heterocycles. The first-order chi connectivity index (χ1) is 9.63. The van der Waals surface area contributed by atoms with Crippen LogP contribution >= 0.6 is 0 Å². The van der Waals surface area contributed by atoms with Crippen LogP contribution in [0.2, 0.25) is 0 Å². The van der Waals surface area contributed by atoms with Crippen molar-refractivity contribution in [2.45, 2.75) is 26.3 Å².